The molecule has 0 aliphatic heterocycles. The molecule has 2 nitrogen and oxygen atoms in total. The molecule has 15 heavy (non-hydrogen) atoms. The van der Waals surface area contributed by atoms with E-state index >= 15 is 0 Å². The molecular formula is C13H22N2. The highest BCUT2D eigenvalue weighted by atomic mass is 14.8. The SMILES string of the molecule is CCC/C(=C\c1cc[nH]c1N)C(C)(C)C. The van der Waals surface area contributed by atoms with Gasteiger partial charge >= 0.3 is 0 Å². The smallest absolute Gasteiger partial charge is 0.107 e. The van der Waals surface area contributed by atoms with Gasteiger partial charge in [0.2, 0.25) is 0 Å². The van der Waals surface area contributed by atoms with Gasteiger partial charge in [0.15, 0.2) is 0 Å². The number of anilines is 1. The normalized spacial score (nSPS) is 13.2. The minimum Gasteiger partial charge on any atom is -0.385 e. The van der Waals surface area contributed by atoms with Crippen LogP contribution in [0, 0.1) is 5.41 Å². The van der Waals surface area contributed by atoms with Gasteiger partial charge in [0.1, 0.15) is 5.82 Å². The molecule has 0 radical (unpaired) electrons. The Balaban J connectivity index is 2.99. The number of hydrogen-bond acceptors (Lipinski definition) is 1. The van der Waals surface area contributed by atoms with E-state index in [0.717, 1.165) is 17.8 Å². The number of nitrogens with one attached hydrogen (secondary N) is 1. The first-order chi connectivity index (χ1) is 6.95. The predicted octanol–water partition coefficient (Wildman–Crippen LogP) is 3.83. The van der Waals surface area contributed by atoms with Crippen molar-refractivity contribution in [1.82, 2.24) is 4.98 Å². The lowest BCUT2D eigenvalue weighted by molar-refractivity contribution is 0.484. The molecule has 0 unspecified atom stereocenters. The molecule has 3 N–H and O–H groups in total. The third kappa shape index (κ3) is 3.15. The molecule has 0 aliphatic rings. The van der Waals surface area contributed by atoms with Crippen LogP contribution in [-0.2, 0) is 0 Å². The number of rotatable bonds is 3. The van der Waals surface area contributed by atoms with Crippen molar-refractivity contribution >= 4 is 11.9 Å². The Hall–Kier alpha value is -1.18. The van der Waals surface area contributed by atoms with Crippen LogP contribution in [0.25, 0.3) is 6.08 Å². The molecule has 0 fully saturated rings. The summed E-state index contributed by atoms with van der Waals surface area (Å²) in [7, 11) is 0. The second-order valence-electron chi connectivity index (χ2n) is 5.02. The molecule has 0 amide bonds. The fraction of sp³-hybridized carbons (Fsp3) is 0.538. The maximum absolute atomic E-state index is 5.83. The summed E-state index contributed by atoms with van der Waals surface area (Å²) in [5.41, 5.74) is 8.61. The van der Waals surface area contributed by atoms with Gasteiger partial charge in [-0.25, -0.2) is 0 Å². The molecule has 84 valence electrons. The molecule has 0 saturated carbocycles. The van der Waals surface area contributed by atoms with Crippen LogP contribution >= 0.6 is 0 Å². The van der Waals surface area contributed by atoms with Gasteiger partial charge < -0.3 is 10.7 Å². The molecule has 0 aromatic carbocycles. The summed E-state index contributed by atoms with van der Waals surface area (Å²) in [5, 5.41) is 0. The minimum absolute atomic E-state index is 0.222. The quantitative estimate of drug-likeness (QED) is 0.775. The minimum atomic E-state index is 0.222. The van der Waals surface area contributed by atoms with Gasteiger partial charge in [-0.3, -0.25) is 0 Å². The van der Waals surface area contributed by atoms with Gasteiger partial charge in [-0.15, -0.1) is 0 Å². The molecule has 0 saturated heterocycles. The summed E-state index contributed by atoms with van der Waals surface area (Å²) < 4.78 is 0. The zero-order valence-electron chi connectivity index (χ0n) is 10.2. The second kappa shape index (κ2) is 4.56. The van der Waals surface area contributed by atoms with E-state index in [4.69, 9.17) is 5.73 Å². The molecule has 1 aromatic rings. The third-order valence-electron chi connectivity index (χ3n) is 2.63. The van der Waals surface area contributed by atoms with Crippen molar-refractivity contribution in [3.05, 3.63) is 23.4 Å². The lowest BCUT2D eigenvalue weighted by atomic mass is 9.83. The molecule has 1 aromatic heterocycles. The lowest BCUT2D eigenvalue weighted by Crippen LogP contribution is -2.09. The Morgan fingerprint density at radius 1 is 1.47 bits per heavy atom. The molecule has 1 rings (SSSR count). The van der Waals surface area contributed by atoms with E-state index in [9.17, 15) is 0 Å². The molecular weight excluding hydrogens is 184 g/mol. The highest BCUT2D eigenvalue weighted by Gasteiger charge is 2.16. The van der Waals surface area contributed by atoms with Crippen molar-refractivity contribution < 1.29 is 0 Å². The van der Waals surface area contributed by atoms with Gasteiger partial charge in [0, 0.05) is 11.8 Å². The summed E-state index contributed by atoms with van der Waals surface area (Å²) in [5.74, 6) is 0.757. The first-order valence-electron chi connectivity index (χ1n) is 5.59. The average molecular weight is 206 g/mol. The Morgan fingerprint density at radius 2 is 2.13 bits per heavy atom. The van der Waals surface area contributed by atoms with Crippen molar-refractivity contribution in [3.63, 3.8) is 0 Å². The molecule has 0 aliphatic carbocycles. The summed E-state index contributed by atoms with van der Waals surface area (Å²) in [6.45, 7) is 8.95. The maximum atomic E-state index is 5.83. The second-order valence-corrected chi connectivity index (χ2v) is 5.02. The molecule has 0 atom stereocenters. The molecule has 2 heteroatoms. The molecule has 0 bridgehead atoms. The van der Waals surface area contributed by atoms with Crippen molar-refractivity contribution in [3.8, 4) is 0 Å². The Bertz CT molecular complexity index is 340. The van der Waals surface area contributed by atoms with Crippen molar-refractivity contribution in [2.24, 2.45) is 5.41 Å². The van der Waals surface area contributed by atoms with Gasteiger partial charge in [0.25, 0.3) is 0 Å². The van der Waals surface area contributed by atoms with Crippen LogP contribution in [0.1, 0.15) is 46.1 Å². The standard InChI is InChI=1S/C13H22N2/c1-5-6-11(13(2,3)4)9-10-7-8-15-12(10)14/h7-9,15H,5-6,14H2,1-4H3/b11-9+. The van der Waals surface area contributed by atoms with E-state index in [1.54, 1.807) is 0 Å². The van der Waals surface area contributed by atoms with E-state index in [2.05, 4.69) is 38.8 Å². The average Bonchev–Trinajstić information content (AvgIpc) is 2.49. The van der Waals surface area contributed by atoms with E-state index in [1.165, 1.54) is 12.0 Å². The number of aromatic amines is 1. The number of nitrogen functional groups attached to an aromatic ring is 1. The first-order valence-corrected chi connectivity index (χ1v) is 5.59. The number of allylic oxidation sites excluding steroid dienone is 1. The fourth-order valence-electron chi connectivity index (χ4n) is 1.64. The van der Waals surface area contributed by atoms with Crippen molar-refractivity contribution in [2.75, 3.05) is 5.73 Å². The number of nitrogens with two attached hydrogens (primary N) is 1. The van der Waals surface area contributed by atoms with Gasteiger partial charge in [-0.1, -0.05) is 45.8 Å². The fourth-order valence-corrected chi connectivity index (χ4v) is 1.64. The van der Waals surface area contributed by atoms with Crippen LogP contribution < -0.4 is 5.73 Å². The Morgan fingerprint density at radius 3 is 2.53 bits per heavy atom. The number of hydrogen-bond donors (Lipinski definition) is 2. The highest BCUT2D eigenvalue weighted by molar-refractivity contribution is 5.64. The molecule has 0 spiro atoms. The van der Waals surface area contributed by atoms with E-state index in [-0.39, 0.29) is 5.41 Å². The van der Waals surface area contributed by atoms with Crippen LogP contribution in [0.5, 0.6) is 0 Å². The Kier molecular flexibility index (Phi) is 3.61. The maximum Gasteiger partial charge on any atom is 0.107 e. The van der Waals surface area contributed by atoms with Crippen molar-refractivity contribution in [1.29, 1.82) is 0 Å². The van der Waals surface area contributed by atoms with E-state index < -0.39 is 0 Å². The monoisotopic (exact) mass is 206 g/mol. The Labute approximate surface area is 92.6 Å². The zero-order chi connectivity index (χ0) is 11.5. The predicted molar refractivity (Wildman–Crippen MR) is 67.5 cm³/mol. The topological polar surface area (TPSA) is 41.8 Å². The summed E-state index contributed by atoms with van der Waals surface area (Å²) in [6, 6.07) is 2.02. The summed E-state index contributed by atoms with van der Waals surface area (Å²) in [6.07, 6.45) is 6.41. The van der Waals surface area contributed by atoms with Gasteiger partial charge in [0.05, 0.1) is 0 Å². The first kappa shape index (κ1) is 11.9. The van der Waals surface area contributed by atoms with Gasteiger partial charge in [-0.2, -0.15) is 0 Å². The summed E-state index contributed by atoms with van der Waals surface area (Å²) in [4.78, 5) is 3.00. The van der Waals surface area contributed by atoms with Crippen LogP contribution in [0.15, 0.2) is 17.8 Å². The van der Waals surface area contributed by atoms with E-state index in [1.807, 2.05) is 12.3 Å². The third-order valence-corrected chi connectivity index (χ3v) is 2.63. The number of H-pyrrole nitrogens is 1. The molecule has 1 heterocycles. The van der Waals surface area contributed by atoms with Crippen LogP contribution in [0.3, 0.4) is 0 Å². The van der Waals surface area contributed by atoms with Crippen LogP contribution in [0.2, 0.25) is 0 Å². The number of aromatic nitrogens is 1. The van der Waals surface area contributed by atoms with Gasteiger partial charge in [-0.05, 0) is 17.9 Å². The van der Waals surface area contributed by atoms with Crippen LogP contribution in [-0.4, -0.2) is 4.98 Å². The van der Waals surface area contributed by atoms with Crippen molar-refractivity contribution in [2.45, 2.75) is 40.5 Å². The summed E-state index contributed by atoms with van der Waals surface area (Å²) >= 11 is 0. The largest absolute Gasteiger partial charge is 0.385 e. The highest BCUT2D eigenvalue weighted by Crippen LogP contribution is 2.31. The van der Waals surface area contributed by atoms with E-state index in [0.29, 0.717) is 0 Å². The zero-order valence-corrected chi connectivity index (χ0v) is 10.2. The van der Waals surface area contributed by atoms with Crippen LogP contribution in [0.4, 0.5) is 5.82 Å². The lowest BCUT2D eigenvalue weighted by Gasteiger charge is -2.23.